The molecule has 1 saturated carbocycles. The Labute approximate surface area is 167 Å². The van der Waals surface area contributed by atoms with Gasteiger partial charge in [-0.3, -0.25) is 19.3 Å². The summed E-state index contributed by atoms with van der Waals surface area (Å²) in [5.74, 6) is -1.86. The van der Waals surface area contributed by atoms with Gasteiger partial charge >= 0.3 is 12.0 Å². The first-order chi connectivity index (χ1) is 13.8. The maximum Gasteiger partial charge on any atom is 0.326 e. The summed E-state index contributed by atoms with van der Waals surface area (Å²) in [6.45, 7) is 0.916. The van der Waals surface area contributed by atoms with Crippen molar-refractivity contribution in [2.24, 2.45) is 5.92 Å². The predicted molar refractivity (Wildman–Crippen MR) is 99.8 cm³/mol. The second-order valence-electron chi connectivity index (χ2n) is 7.61. The minimum absolute atomic E-state index is 0.0446. The van der Waals surface area contributed by atoms with Crippen LogP contribution in [0.4, 0.5) is 9.18 Å². The van der Waals surface area contributed by atoms with E-state index in [1.54, 1.807) is 6.07 Å². The van der Waals surface area contributed by atoms with E-state index in [1.807, 2.05) is 0 Å². The normalized spacial score (nSPS) is 23.8. The molecule has 1 heterocycles. The molecule has 9 heteroatoms. The fourth-order valence-electron chi connectivity index (χ4n) is 3.62. The van der Waals surface area contributed by atoms with Crippen LogP contribution in [0.1, 0.15) is 38.2 Å². The van der Waals surface area contributed by atoms with Crippen LogP contribution in [0.3, 0.4) is 0 Å². The van der Waals surface area contributed by atoms with E-state index < -0.39 is 48.3 Å². The number of carbonyl (C=O) groups is 4. The number of ether oxygens (including phenoxy) is 1. The highest BCUT2D eigenvalue weighted by Crippen LogP contribution is 2.36. The number of hydrogen-bond acceptors (Lipinski definition) is 5. The van der Waals surface area contributed by atoms with Crippen LogP contribution in [0.25, 0.3) is 0 Å². The molecule has 0 atom stereocenters. The first-order valence-electron chi connectivity index (χ1n) is 9.60. The van der Waals surface area contributed by atoms with Crippen molar-refractivity contribution in [2.45, 2.75) is 44.7 Å². The van der Waals surface area contributed by atoms with E-state index in [4.69, 9.17) is 4.74 Å². The molecular weight excluding hydrogens is 381 g/mol. The highest BCUT2D eigenvalue weighted by molar-refractivity contribution is 6.08. The zero-order valence-corrected chi connectivity index (χ0v) is 16.2. The molecular formula is C20H24FN3O5. The van der Waals surface area contributed by atoms with Crippen molar-refractivity contribution >= 4 is 23.8 Å². The summed E-state index contributed by atoms with van der Waals surface area (Å²) < 4.78 is 18.4. The lowest BCUT2D eigenvalue weighted by Gasteiger charge is -2.33. The highest BCUT2D eigenvalue weighted by Gasteiger charge is 2.52. The molecule has 1 aromatic rings. The lowest BCUT2D eigenvalue weighted by molar-refractivity contribution is -0.151. The second-order valence-corrected chi connectivity index (χ2v) is 7.61. The monoisotopic (exact) mass is 405 g/mol. The van der Waals surface area contributed by atoms with E-state index in [2.05, 4.69) is 17.6 Å². The molecule has 1 aliphatic heterocycles. The Morgan fingerprint density at radius 2 is 1.97 bits per heavy atom. The van der Waals surface area contributed by atoms with E-state index >= 15 is 0 Å². The van der Waals surface area contributed by atoms with Gasteiger partial charge in [-0.05, 0) is 37.7 Å². The molecule has 0 unspecified atom stereocenters. The smallest absolute Gasteiger partial charge is 0.326 e. The van der Waals surface area contributed by atoms with Gasteiger partial charge in [0, 0.05) is 12.1 Å². The Kier molecular flexibility index (Phi) is 6.14. The highest BCUT2D eigenvalue weighted by atomic mass is 19.1. The number of nitrogens with one attached hydrogen (secondary N) is 2. The summed E-state index contributed by atoms with van der Waals surface area (Å²) in [6.07, 6.45) is 2.74. The molecule has 1 spiro atoms. The van der Waals surface area contributed by atoms with Crippen molar-refractivity contribution in [1.29, 1.82) is 0 Å². The number of nitrogens with zero attached hydrogens (tertiary/aromatic N) is 1. The molecule has 0 aromatic heterocycles. The van der Waals surface area contributed by atoms with Gasteiger partial charge in [-0.15, -0.1) is 0 Å². The fourth-order valence-corrected chi connectivity index (χ4v) is 3.62. The van der Waals surface area contributed by atoms with Crippen LogP contribution in [-0.2, 0) is 25.7 Å². The molecule has 1 saturated heterocycles. The predicted octanol–water partition coefficient (Wildman–Crippen LogP) is 1.49. The third-order valence-electron chi connectivity index (χ3n) is 5.46. The summed E-state index contributed by atoms with van der Waals surface area (Å²) >= 11 is 0. The summed E-state index contributed by atoms with van der Waals surface area (Å²) in [6, 6.07) is 5.37. The van der Waals surface area contributed by atoms with Gasteiger partial charge < -0.3 is 15.4 Å². The third kappa shape index (κ3) is 4.72. The van der Waals surface area contributed by atoms with Crippen molar-refractivity contribution in [2.75, 3.05) is 13.2 Å². The molecule has 1 aliphatic carbocycles. The van der Waals surface area contributed by atoms with Crippen LogP contribution >= 0.6 is 0 Å². The number of hydrogen-bond donors (Lipinski definition) is 2. The number of esters is 1. The number of benzene rings is 1. The molecule has 2 aliphatic rings. The maximum absolute atomic E-state index is 13.5. The van der Waals surface area contributed by atoms with Gasteiger partial charge in [0.05, 0.1) is 0 Å². The van der Waals surface area contributed by atoms with E-state index in [9.17, 15) is 23.6 Å². The molecule has 0 radical (unpaired) electrons. The van der Waals surface area contributed by atoms with E-state index in [1.165, 1.54) is 18.2 Å². The van der Waals surface area contributed by atoms with E-state index in [-0.39, 0.29) is 6.54 Å². The Morgan fingerprint density at radius 1 is 1.28 bits per heavy atom. The molecule has 2 fully saturated rings. The lowest BCUT2D eigenvalue weighted by atomic mass is 9.77. The fraction of sp³-hybridized carbons (Fsp3) is 0.500. The minimum atomic E-state index is -0.930. The van der Waals surface area contributed by atoms with Gasteiger partial charge in [0.2, 0.25) is 0 Å². The zero-order chi connectivity index (χ0) is 21.0. The number of urea groups is 1. The standard InChI is InChI=1S/C20H24FN3O5/c1-13-6-8-20(9-7-13)18(27)24(19(28)23-20)11-17(26)29-12-16(25)22-10-14-4-2-3-5-15(14)21/h2-5,13H,6-12H2,1H3,(H,22,25)(H,23,28). The first kappa shape index (κ1) is 20.8. The Balaban J connectivity index is 1.45. The first-order valence-corrected chi connectivity index (χ1v) is 9.60. The van der Waals surface area contributed by atoms with E-state index in [0.29, 0.717) is 24.3 Å². The summed E-state index contributed by atoms with van der Waals surface area (Å²) in [5, 5.41) is 5.16. The molecule has 156 valence electrons. The molecule has 2 N–H and O–H groups in total. The average molecular weight is 405 g/mol. The topological polar surface area (TPSA) is 105 Å². The van der Waals surface area contributed by atoms with Crippen LogP contribution in [0.15, 0.2) is 24.3 Å². The van der Waals surface area contributed by atoms with Gasteiger partial charge in [0.1, 0.15) is 17.9 Å². The third-order valence-corrected chi connectivity index (χ3v) is 5.46. The van der Waals surface area contributed by atoms with Crippen LogP contribution in [0.5, 0.6) is 0 Å². The largest absolute Gasteiger partial charge is 0.454 e. The van der Waals surface area contributed by atoms with Gasteiger partial charge in [-0.25, -0.2) is 9.18 Å². The van der Waals surface area contributed by atoms with Gasteiger partial charge in [-0.2, -0.15) is 0 Å². The number of carbonyl (C=O) groups excluding carboxylic acids is 4. The quantitative estimate of drug-likeness (QED) is 0.551. The Hall–Kier alpha value is -2.97. The zero-order valence-electron chi connectivity index (χ0n) is 16.2. The van der Waals surface area contributed by atoms with Gasteiger partial charge in [0.15, 0.2) is 6.61 Å². The Morgan fingerprint density at radius 3 is 2.66 bits per heavy atom. The molecule has 8 nitrogen and oxygen atoms in total. The Bertz CT molecular complexity index is 820. The summed E-state index contributed by atoms with van der Waals surface area (Å²) in [4.78, 5) is 49.5. The SMILES string of the molecule is CC1CCC2(CC1)NC(=O)N(CC(=O)OCC(=O)NCc1ccccc1F)C2=O. The number of halogens is 1. The number of amides is 4. The van der Waals surface area contributed by atoms with Crippen LogP contribution in [0.2, 0.25) is 0 Å². The second kappa shape index (κ2) is 8.59. The molecule has 0 bridgehead atoms. The number of rotatable bonds is 6. The van der Waals surface area contributed by atoms with Crippen molar-refractivity contribution in [3.05, 3.63) is 35.6 Å². The van der Waals surface area contributed by atoms with Gasteiger partial charge in [-0.1, -0.05) is 25.1 Å². The summed E-state index contributed by atoms with van der Waals surface area (Å²) in [7, 11) is 0. The minimum Gasteiger partial charge on any atom is -0.454 e. The van der Waals surface area contributed by atoms with Crippen LogP contribution < -0.4 is 10.6 Å². The van der Waals surface area contributed by atoms with Gasteiger partial charge in [0.25, 0.3) is 11.8 Å². The van der Waals surface area contributed by atoms with Crippen LogP contribution in [0, 0.1) is 11.7 Å². The molecule has 1 aromatic carbocycles. The molecule has 29 heavy (non-hydrogen) atoms. The number of imide groups is 1. The van der Waals surface area contributed by atoms with Crippen molar-refractivity contribution in [3.8, 4) is 0 Å². The maximum atomic E-state index is 13.5. The molecule has 4 amide bonds. The summed E-state index contributed by atoms with van der Waals surface area (Å²) in [5.41, 5.74) is -0.625. The van der Waals surface area contributed by atoms with Crippen molar-refractivity contribution in [3.63, 3.8) is 0 Å². The molecule has 3 rings (SSSR count). The average Bonchev–Trinajstić information content (AvgIpc) is 2.92. The van der Waals surface area contributed by atoms with Crippen LogP contribution in [-0.4, -0.2) is 47.4 Å². The van der Waals surface area contributed by atoms with Crippen molar-refractivity contribution < 1.29 is 28.3 Å². The lowest BCUT2D eigenvalue weighted by Crippen LogP contribution is -2.49. The van der Waals surface area contributed by atoms with E-state index in [0.717, 1.165) is 17.7 Å². The van der Waals surface area contributed by atoms with Crippen molar-refractivity contribution in [1.82, 2.24) is 15.5 Å².